The summed E-state index contributed by atoms with van der Waals surface area (Å²) < 4.78 is 13.5. The number of nitrogens with zero attached hydrogens (tertiary/aromatic N) is 5. The maximum Gasteiger partial charge on any atom is 0.291 e. The topological polar surface area (TPSA) is 94.4 Å². The second kappa shape index (κ2) is 8.05. The minimum absolute atomic E-state index is 0.0757. The van der Waals surface area contributed by atoms with Gasteiger partial charge in [-0.3, -0.25) is 4.79 Å². The lowest BCUT2D eigenvalue weighted by molar-refractivity contribution is 0.0389. The normalized spacial score (nSPS) is 20.3. The van der Waals surface area contributed by atoms with Gasteiger partial charge in [0.15, 0.2) is 17.4 Å². The molecule has 0 aliphatic carbocycles. The monoisotopic (exact) mass is 436 g/mol. The van der Waals surface area contributed by atoms with Crippen molar-refractivity contribution in [2.45, 2.75) is 18.7 Å². The number of nitrogens with one attached hydrogen (secondary N) is 1. The number of benzene rings is 1. The molecule has 0 fully saturated rings. The van der Waals surface area contributed by atoms with Gasteiger partial charge in [0.2, 0.25) is 5.82 Å². The summed E-state index contributed by atoms with van der Waals surface area (Å²) in [6, 6.07) is 12.9. The minimum Gasteiger partial charge on any atom is -0.487 e. The first-order chi connectivity index (χ1) is 15.1. The van der Waals surface area contributed by atoms with Crippen molar-refractivity contribution in [3.05, 3.63) is 65.9 Å². The Balaban J connectivity index is 1.36. The van der Waals surface area contributed by atoms with Crippen LogP contribution in [0.2, 0.25) is 0 Å². The van der Waals surface area contributed by atoms with Crippen LogP contribution in [0.5, 0.6) is 5.75 Å². The predicted octanol–water partition coefficient (Wildman–Crippen LogP) is 1.75. The van der Waals surface area contributed by atoms with Crippen molar-refractivity contribution in [2.75, 3.05) is 25.2 Å². The van der Waals surface area contributed by atoms with E-state index in [-0.39, 0.29) is 18.5 Å². The number of hydrogen-bond donors (Lipinski definition) is 1. The van der Waals surface area contributed by atoms with Crippen molar-refractivity contribution >= 4 is 28.9 Å². The van der Waals surface area contributed by atoms with Crippen LogP contribution in [-0.2, 0) is 11.3 Å². The first kappa shape index (κ1) is 19.6. The molecule has 1 aromatic carbocycles. The van der Waals surface area contributed by atoms with Crippen LogP contribution in [0.1, 0.15) is 28.1 Å². The van der Waals surface area contributed by atoms with E-state index < -0.39 is 11.9 Å². The predicted molar refractivity (Wildman–Crippen MR) is 116 cm³/mol. The lowest BCUT2D eigenvalue weighted by atomic mass is 10.1. The maximum absolute atomic E-state index is 13.0. The van der Waals surface area contributed by atoms with Crippen LogP contribution in [0.15, 0.2) is 48.7 Å². The fraction of sp³-hybridized carbons (Fsp3) is 0.286. The molecule has 31 heavy (non-hydrogen) atoms. The van der Waals surface area contributed by atoms with Crippen molar-refractivity contribution in [1.29, 1.82) is 0 Å². The van der Waals surface area contributed by atoms with Gasteiger partial charge in [0.25, 0.3) is 5.91 Å². The Morgan fingerprint density at radius 1 is 1.23 bits per heavy atom. The van der Waals surface area contributed by atoms with E-state index >= 15 is 0 Å². The summed E-state index contributed by atoms with van der Waals surface area (Å²) >= 11 is 5.58. The van der Waals surface area contributed by atoms with Crippen molar-refractivity contribution in [1.82, 2.24) is 25.1 Å². The van der Waals surface area contributed by atoms with E-state index in [2.05, 4.69) is 20.4 Å². The molecule has 2 aliphatic heterocycles. The lowest BCUT2D eigenvalue weighted by Gasteiger charge is -2.22. The fourth-order valence-electron chi connectivity index (χ4n) is 3.67. The largest absolute Gasteiger partial charge is 0.487 e. The van der Waals surface area contributed by atoms with Gasteiger partial charge in [0.1, 0.15) is 23.7 Å². The van der Waals surface area contributed by atoms with Crippen molar-refractivity contribution < 1.29 is 14.3 Å². The van der Waals surface area contributed by atoms with Crippen molar-refractivity contribution in [3.63, 3.8) is 0 Å². The van der Waals surface area contributed by atoms with Crippen LogP contribution in [0.3, 0.4) is 0 Å². The summed E-state index contributed by atoms with van der Waals surface area (Å²) in [4.78, 5) is 24.0. The Bertz CT molecular complexity index is 1140. The van der Waals surface area contributed by atoms with Crippen molar-refractivity contribution in [3.8, 4) is 5.75 Å². The van der Waals surface area contributed by atoms with Gasteiger partial charge >= 0.3 is 0 Å². The third-order valence-corrected chi connectivity index (χ3v) is 5.79. The van der Waals surface area contributed by atoms with Crippen LogP contribution in [0, 0.1) is 0 Å². The molecule has 3 aromatic rings. The summed E-state index contributed by atoms with van der Waals surface area (Å²) in [6.07, 6.45) is 1.31. The molecule has 2 aliphatic rings. The highest BCUT2D eigenvalue weighted by Gasteiger charge is 2.32. The lowest BCUT2D eigenvalue weighted by Crippen LogP contribution is -2.48. The molecule has 2 atom stereocenters. The van der Waals surface area contributed by atoms with Crippen LogP contribution in [0.25, 0.3) is 0 Å². The summed E-state index contributed by atoms with van der Waals surface area (Å²) in [5, 5.41) is 7.30. The Kier molecular flexibility index (Phi) is 5.08. The number of pyridine rings is 1. The van der Waals surface area contributed by atoms with E-state index in [1.54, 1.807) is 28.9 Å². The Labute approximate surface area is 184 Å². The van der Waals surface area contributed by atoms with Gasteiger partial charge in [-0.1, -0.05) is 42.5 Å². The average Bonchev–Trinajstić information content (AvgIpc) is 3.22. The summed E-state index contributed by atoms with van der Waals surface area (Å²) in [5.41, 5.74) is 0.966. The van der Waals surface area contributed by atoms with E-state index in [1.807, 2.05) is 36.4 Å². The number of thiocarbonyl (C=S) groups is 1. The van der Waals surface area contributed by atoms with Gasteiger partial charge in [-0.15, -0.1) is 5.10 Å². The third-order valence-electron chi connectivity index (χ3n) is 5.24. The van der Waals surface area contributed by atoms with Crippen LogP contribution < -0.4 is 15.0 Å². The highest BCUT2D eigenvalue weighted by atomic mass is 32.1. The summed E-state index contributed by atoms with van der Waals surface area (Å²) in [5.74, 6) is 1.49. The first-order valence-electron chi connectivity index (χ1n) is 9.89. The Morgan fingerprint density at radius 3 is 2.90 bits per heavy atom. The molecule has 1 amide bonds. The molecule has 0 saturated heterocycles. The van der Waals surface area contributed by atoms with Gasteiger partial charge < -0.3 is 19.7 Å². The number of carbonyl (C=O) groups is 1. The van der Waals surface area contributed by atoms with E-state index in [0.29, 0.717) is 35.5 Å². The molecule has 158 valence electrons. The number of fused-ring (bicyclic) bond motifs is 2. The van der Waals surface area contributed by atoms with Gasteiger partial charge in [0, 0.05) is 13.2 Å². The zero-order chi connectivity index (χ0) is 21.4. The molecular weight excluding hydrogens is 416 g/mol. The highest BCUT2D eigenvalue weighted by molar-refractivity contribution is 7.80. The molecule has 1 unspecified atom stereocenters. The summed E-state index contributed by atoms with van der Waals surface area (Å²) in [7, 11) is 1.80. The number of hydrogen-bond acceptors (Lipinski definition) is 7. The maximum atomic E-state index is 13.0. The number of rotatable bonds is 3. The molecule has 2 aromatic heterocycles. The van der Waals surface area contributed by atoms with Gasteiger partial charge in [-0.2, -0.15) is 0 Å². The highest BCUT2D eigenvalue weighted by Crippen LogP contribution is 2.29. The molecule has 5 rings (SSSR count). The SMILES string of the molecule is CN1C(=S)C(NC(=O)c2nc3n(n2)CCO[C@H]3c2ccccc2)COc2cccnc21. The first-order valence-corrected chi connectivity index (χ1v) is 10.3. The number of aromatic nitrogens is 4. The standard InChI is InChI=1S/C21H20N6O3S/c1-26-18-15(8-5-9-22-18)30-12-14(21(26)31)23-20(28)17-24-19-16(13-6-3-2-4-7-13)29-11-10-27(19)25-17/h2-9,14,16H,10-12H2,1H3,(H,23,28)/t14?,16-/m0/s1. The van der Waals surface area contributed by atoms with Crippen LogP contribution in [0.4, 0.5) is 5.82 Å². The van der Waals surface area contributed by atoms with Crippen molar-refractivity contribution in [2.24, 2.45) is 0 Å². The zero-order valence-corrected chi connectivity index (χ0v) is 17.6. The molecule has 10 heteroatoms. The second-order valence-corrected chi connectivity index (χ2v) is 7.66. The summed E-state index contributed by atoms with van der Waals surface area (Å²) in [6.45, 7) is 1.22. The molecule has 0 radical (unpaired) electrons. The molecule has 0 spiro atoms. The van der Waals surface area contributed by atoms with Gasteiger partial charge in [-0.25, -0.2) is 14.6 Å². The minimum atomic E-state index is -0.525. The number of likely N-dealkylation sites (N-methyl/N-ethyl adjacent to an activating group) is 1. The van der Waals surface area contributed by atoms with E-state index in [0.717, 1.165) is 5.56 Å². The molecule has 0 bridgehead atoms. The quantitative estimate of drug-likeness (QED) is 0.621. The molecule has 0 saturated carbocycles. The second-order valence-electron chi connectivity index (χ2n) is 7.24. The third kappa shape index (κ3) is 3.64. The molecule has 1 N–H and O–H groups in total. The number of anilines is 1. The Hall–Kier alpha value is -3.37. The van der Waals surface area contributed by atoms with E-state index in [4.69, 9.17) is 21.7 Å². The van der Waals surface area contributed by atoms with Crippen LogP contribution >= 0.6 is 12.2 Å². The number of carbonyl (C=O) groups excluding carboxylic acids is 1. The Morgan fingerprint density at radius 2 is 2.06 bits per heavy atom. The number of amides is 1. The smallest absolute Gasteiger partial charge is 0.291 e. The number of ether oxygens (including phenoxy) is 2. The van der Waals surface area contributed by atoms with Gasteiger partial charge in [-0.05, 0) is 17.7 Å². The fourth-order valence-corrected chi connectivity index (χ4v) is 3.88. The molecule has 4 heterocycles. The zero-order valence-electron chi connectivity index (χ0n) is 16.8. The molecule has 9 nitrogen and oxygen atoms in total. The molecular formula is C21H20N6O3S. The van der Waals surface area contributed by atoms with Crippen LogP contribution in [-0.4, -0.2) is 56.9 Å². The van der Waals surface area contributed by atoms with E-state index in [1.165, 1.54) is 0 Å². The van der Waals surface area contributed by atoms with Gasteiger partial charge in [0.05, 0.1) is 13.2 Å². The van der Waals surface area contributed by atoms with E-state index in [9.17, 15) is 4.79 Å². The average molecular weight is 436 g/mol.